The van der Waals surface area contributed by atoms with E-state index in [1.54, 1.807) is 0 Å². The smallest absolute Gasteiger partial charge is 0.137 e. The minimum Gasteiger partial charge on any atom is -0.457 e. The lowest BCUT2D eigenvalue weighted by Gasteiger charge is -2.27. The van der Waals surface area contributed by atoms with Crippen molar-refractivity contribution in [3.05, 3.63) is 217 Å². The molecule has 0 aliphatic carbocycles. The number of fused-ring (bicyclic) bond motifs is 4. The SMILES string of the molecule is Cc1ccc(-c2cnc(-n3c4ccc(C(C)(C)C)cc4c4ccc(Oc5cccc(N6CN(c7c(-c8ccccc8)cccc7-c7ccc(C(C)(C)C)cc7)c7ccccc76)c5)cc43)cc2C)cc1. The second kappa shape index (κ2) is 17.0. The maximum absolute atomic E-state index is 6.87. The molecule has 69 heavy (non-hydrogen) atoms. The van der Waals surface area contributed by atoms with Gasteiger partial charge in [0.25, 0.3) is 0 Å². The third-order valence-corrected chi connectivity index (χ3v) is 13.9. The van der Waals surface area contributed by atoms with Gasteiger partial charge >= 0.3 is 0 Å². The van der Waals surface area contributed by atoms with Gasteiger partial charge in [0.05, 0.1) is 28.1 Å². The standard InChI is InChI=1S/C64H58N4O/c1-42-24-26-46(27-25-42)56-40-65-61(36-43(56)2)68-57-35-32-48(64(6,7)8)37-55(57)54-34-33-51(39-60(54)68)69-50-19-14-18-49(38-50)66-41-67(59-23-13-12-22-58(59)66)62-52(44-16-10-9-11-17-44)20-15-21-53(62)45-28-30-47(31-29-45)63(3,4)5/h9-40H,41H2,1-8H3. The minimum atomic E-state index is 0.0000298. The largest absolute Gasteiger partial charge is 0.457 e. The number of rotatable bonds is 8. The number of ether oxygens (including phenoxy) is 1. The highest BCUT2D eigenvalue weighted by molar-refractivity contribution is 6.10. The molecule has 1 aliphatic rings. The predicted molar refractivity (Wildman–Crippen MR) is 290 cm³/mol. The van der Waals surface area contributed by atoms with Crippen molar-refractivity contribution >= 4 is 44.6 Å². The summed E-state index contributed by atoms with van der Waals surface area (Å²) >= 11 is 0. The van der Waals surface area contributed by atoms with Crippen LogP contribution in [0.2, 0.25) is 0 Å². The summed E-state index contributed by atoms with van der Waals surface area (Å²) in [6.07, 6.45) is 2.02. The van der Waals surface area contributed by atoms with E-state index in [4.69, 9.17) is 9.72 Å². The van der Waals surface area contributed by atoms with Crippen LogP contribution < -0.4 is 14.5 Å². The van der Waals surface area contributed by atoms with Gasteiger partial charge in [-0.3, -0.25) is 4.57 Å². The molecule has 0 fully saturated rings. The molecule has 0 radical (unpaired) electrons. The zero-order valence-corrected chi connectivity index (χ0v) is 40.9. The van der Waals surface area contributed by atoms with Gasteiger partial charge in [-0.2, -0.15) is 0 Å². The van der Waals surface area contributed by atoms with Crippen LogP contribution in [0.3, 0.4) is 0 Å². The monoisotopic (exact) mass is 898 g/mol. The summed E-state index contributed by atoms with van der Waals surface area (Å²) in [6.45, 7) is 18.5. The van der Waals surface area contributed by atoms with Crippen molar-refractivity contribution in [1.29, 1.82) is 0 Å². The van der Waals surface area contributed by atoms with Crippen LogP contribution in [-0.4, -0.2) is 16.2 Å². The quantitative estimate of drug-likeness (QED) is 0.152. The first kappa shape index (κ1) is 43.7. The number of nitrogens with zero attached hydrogens (tertiary/aromatic N) is 4. The Labute approximate surface area is 406 Å². The summed E-state index contributed by atoms with van der Waals surface area (Å²) in [4.78, 5) is 10.0. The molecule has 340 valence electrons. The molecular formula is C64H58N4O. The summed E-state index contributed by atoms with van der Waals surface area (Å²) in [5.74, 6) is 2.40. The van der Waals surface area contributed by atoms with E-state index in [0.29, 0.717) is 6.67 Å². The Bertz CT molecular complexity index is 3540. The number of aryl methyl sites for hydroxylation is 2. The van der Waals surface area contributed by atoms with Crippen molar-refractivity contribution in [2.45, 2.75) is 66.2 Å². The maximum atomic E-state index is 6.87. The Hall–Kier alpha value is -7.89. The Balaban J connectivity index is 0.971. The van der Waals surface area contributed by atoms with Crippen LogP contribution >= 0.6 is 0 Å². The van der Waals surface area contributed by atoms with Crippen molar-refractivity contribution in [3.8, 4) is 50.7 Å². The Kier molecular flexibility index (Phi) is 10.8. The highest BCUT2D eigenvalue weighted by atomic mass is 16.5. The molecule has 3 heterocycles. The predicted octanol–water partition coefficient (Wildman–Crippen LogP) is 17.4. The summed E-state index contributed by atoms with van der Waals surface area (Å²) in [7, 11) is 0. The molecule has 0 saturated heterocycles. The number of para-hydroxylation sites is 3. The van der Waals surface area contributed by atoms with E-state index in [0.717, 1.165) is 56.4 Å². The molecule has 0 atom stereocenters. The second-order valence-electron chi connectivity index (χ2n) is 20.7. The first-order valence-corrected chi connectivity index (χ1v) is 24.1. The van der Waals surface area contributed by atoms with Gasteiger partial charge in [0, 0.05) is 51.5 Å². The molecule has 1 aliphatic heterocycles. The second-order valence-corrected chi connectivity index (χ2v) is 20.7. The van der Waals surface area contributed by atoms with Gasteiger partial charge in [0.1, 0.15) is 24.0 Å². The average molecular weight is 899 g/mol. The molecular weight excluding hydrogens is 841 g/mol. The van der Waals surface area contributed by atoms with Gasteiger partial charge in [0.2, 0.25) is 0 Å². The Morgan fingerprint density at radius 1 is 0.464 bits per heavy atom. The first-order valence-electron chi connectivity index (χ1n) is 24.1. The van der Waals surface area contributed by atoms with Gasteiger partial charge < -0.3 is 14.5 Å². The van der Waals surface area contributed by atoms with E-state index >= 15 is 0 Å². The van der Waals surface area contributed by atoms with E-state index < -0.39 is 0 Å². The third-order valence-electron chi connectivity index (χ3n) is 13.9. The van der Waals surface area contributed by atoms with Crippen LogP contribution in [0.4, 0.5) is 22.7 Å². The lowest BCUT2D eigenvalue weighted by Crippen LogP contribution is -2.25. The molecule has 0 amide bonds. The lowest BCUT2D eigenvalue weighted by atomic mass is 9.86. The molecule has 0 spiro atoms. The van der Waals surface area contributed by atoms with E-state index in [9.17, 15) is 0 Å². The van der Waals surface area contributed by atoms with Crippen molar-refractivity contribution in [1.82, 2.24) is 9.55 Å². The molecule has 10 aromatic rings. The van der Waals surface area contributed by atoms with E-state index in [-0.39, 0.29) is 10.8 Å². The molecule has 0 bridgehead atoms. The summed E-state index contributed by atoms with van der Waals surface area (Å²) in [5.41, 5.74) is 18.8. The highest BCUT2D eigenvalue weighted by Gasteiger charge is 2.32. The molecule has 2 aromatic heterocycles. The van der Waals surface area contributed by atoms with Crippen LogP contribution in [0.15, 0.2) is 194 Å². The zero-order valence-electron chi connectivity index (χ0n) is 40.9. The van der Waals surface area contributed by atoms with E-state index in [1.807, 2.05) is 6.20 Å². The molecule has 0 N–H and O–H groups in total. The fourth-order valence-electron chi connectivity index (χ4n) is 10.0. The topological polar surface area (TPSA) is 33.5 Å². The molecule has 0 saturated carbocycles. The number of benzene rings is 8. The fraction of sp³-hybridized carbons (Fsp3) is 0.172. The van der Waals surface area contributed by atoms with Gasteiger partial charge in [0.15, 0.2) is 0 Å². The van der Waals surface area contributed by atoms with E-state index in [1.165, 1.54) is 61.1 Å². The summed E-state index contributed by atoms with van der Waals surface area (Å²) < 4.78 is 9.17. The lowest BCUT2D eigenvalue weighted by molar-refractivity contribution is 0.483. The maximum Gasteiger partial charge on any atom is 0.137 e. The highest BCUT2D eigenvalue weighted by Crippen LogP contribution is 2.50. The summed E-state index contributed by atoms with van der Waals surface area (Å²) in [5, 5.41) is 2.36. The normalized spacial score (nSPS) is 12.8. The molecule has 8 aromatic carbocycles. The number of aromatic nitrogens is 2. The molecule has 0 unspecified atom stereocenters. The Morgan fingerprint density at radius 3 is 1.77 bits per heavy atom. The van der Waals surface area contributed by atoms with Crippen LogP contribution in [0.25, 0.3) is 61.0 Å². The van der Waals surface area contributed by atoms with Gasteiger partial charge in [-0.1, -0.05) is 168 Å². The molecule has 11 rings (SSSR count). The van der Waals surface area contributed by atoms with E-state index in [2.05, 4.69) is 258 Å². The molecule has 5 heteroatoms. The van der Waals surface area contributed by atoms with Gasteiger partial charge in [-0.05, 0) is 113 Å². The van der Waals surface area contributed by atoms with Crippen LogP contribution in [0.5, 0.6) is 11.5 Å². The molecule has 5 nitrogen and oxygen atoms in total. The zero-order chi connectivity index (χ0) is 47.6. The first-order chi connectivity index (χ1) is 33.3. The van der Waals surface area contributed by atoms with Crippen molar-refractivity contribution in [3.63, 3.8) is 0 Å². The van der Waals surface area contributed by atoms with Crippen LogP contribution in [0, 0.1) is 13.8 Å². The number of anilines is 4. The summed E-state index contributed by atoms with van der Waals surface area (Å²) in [6, 6.07) is 68.1. The number of pyridine rings is 1. The Morgan fingerprint density at radius 2 is 1.07 bits per heavy atom. The van der Waals surface area contributed by atoms with Crippen molar-refractivity contribution < 1.29 is 4.74 Å². The van der Waals surface area contributed by atoms with Gasteiger partial charge in [-0.15, -0.1) is 0 Å². The van der Waals surface area contributed by atoms with Crippen LogP contribution in [-0.2, 0) is 10.8 Å². The third kappa shape index (κ3) is 8.12. The number of hydrogen-bond acceptors (Lipinski definition) is 4. The fourth-order valence-corrected chi connectivity index (χ4v) is 10.0. The van der Waals surface area contributed by atoms with Gasteiger partial charge in [-0.25, -0.2) is 4.98 Å². The van der Waals surface area contributed by atoms with Crippen molar-refractivity contribution in [2.75, 3.05) is 16.5 Å². The average Bonchev–Trinajstić information content (AvgIpc) is 3.89. The van der Waals surface area contributed by atoms with Crippen molar-refractivity contribution in [2.24, 2.45) is 0 Å². The minimum absolute atomic E-state index is 0.0000298. The number of hydrogen-bond donors (Lipinski definition) is 0. The van der Waals surface area contributed by atoms with Crippen LogP contribution in [0.1, 0.15) is 63.8 Å².